The van der Waals surface area contributed by atoms with Gasteiger partial charge >= 0.3 is 17.9 Å². The molecule has 1 unspecified atom stereocenters. The van der Waals surface area contributed by atoms with Crippen molar-refractivity contribution in [2.45, 2.75) is 26.7 Å². The van der Waals surface area contributed by atoms with E-state index in [2.05, 4.69) is 4.74 Å². The van der Waals surface area contributed by atoms with Crippen molar-refractivity contribution in [2.24, 2.45) is 5.92 Å². The maximum absolute atomic E-state index is 12.9. The third kappa shape index (κ3) is 8.31. The summed E-state index contributed by atoms with van der Waals surface area (Å²) in [7, 11) is 3.90. The highest BCUT2D eigenvalue weighted by Gasteiger charge is 2.32. The standard InChI is InChI=1S/C27H28O10/c1-16(28)36-22-12-8-18(14-24(22)33-3)6-10-20(30)26(27(32)35-5)21(31)11-7-19-9-13-23(37-17(2)29)25(15-19)34-4/h6,8-10,12-15,26H,7,11H2,1-5H3/b10-6+. The van der Waals surface area contributed by atoms with Gasteiger partial charge in [0.15, 0.2) is 40.5 Å². The molecular formula is C27H28O10. The summed E-state index contributed by atoms with van der Waals surface area (Å²) >= 11 is 0. The van der Waals surface area contributed by atoms with Crippen LogP contribution in [0.25, 0.3) is 6.08 Å². The first kappa shape index (κ1) is 28.8. The third-order valence-electron chi connectivity index (χ3n) is 5.07. The summed E-state index contributed by atoms with van der Waals surface area (Å²) in [4.78, 5) is 60.4. The van der Waals surface area contributed by atoms with Crippen LogP contribution in [0.1, 0.15) is 31.4 Å². The summed E-state index contributed by atoms with van der Waals surface area (Å²) in [6.07, 6.45) is 2.59. The van der Waals surface area contributed by atoms with Crippen molar-refractivity contribution in [1.82, 2.24) is 0 Å². The number of hydrogen-bond acceptors (Lipinski definition) is 10. The van der Waals surface area contributed by atoms with E-state index in [4.69, 9.17) is 18.9 Å². The van der Waals surface area contributed by atoms with Gasteiger partial charge in [-0.1, -0.05) is 18.2 Å². The van der Waals surface area contributed by atoms with Gasteiger partial charge in [-0.3, -0.25) is 24.0 Å². The Labute approximate surface area is 214 Å². The predicted molar refractivity (Wildman–Crippen MR) is 131 cm³/mol. The monoisotopic (exact) mass is 512 g/mol. The Kier molecular flexibility index (Phi) is 10.6. The second-order valence-electron chi connectivity index (χ2n) is 7.74. The Morgan fingerprint density at radius 1 is 0.784 bits per heavy atom. The van der Waals surface area contributed by atoms with Crippen molar-refractivity contribution in [3.8, 4) is 23.0 Å². The van der Waals surface area contributed by atoms with Gasteiger partial charge in [0.25, 0.3) is 0 Å². The van der Waals surface area contributed by atoms with Crippen LogP contribution < -0.4 is 18.9 Å². The van der Waals surface area contributed by atoms with E-state index < -0.39 is 35.4 Å². The van der Waals surface area contributed by atoms with Crippen molar-refractivity contribution in [2.75, 3.05) is 21.3 Å². The van der Waals surface area contributed by atoms with Crippen LogP contribution in [-0.4, -0.2) is 50.8 Å². The number of Topliss-reactive ketones (excluding diaryl/α,β-unsaturated/α-hetero) is 1. The normalized spacial score (nSPS) is 11.4. The van der Waals surface area contributed by atoms with Crippen molar-refractivity contribution < 1.29 is 47.7 Å². The Morgan fingerprint density at radius 3 is 1.89 bits per heavy atom. The number of hydrogen-bond donors (Lipinski definition) is 0. The molecule has 0 spiro atoms. The molecule has 2 aromatic rings. The summed E-state index contributed by atoms with van der Waals surface area (Å²) in [5, 5.41) is 0. The van der Waals surface area contributed by atoms with Crippen molar-refractivity contribution in [3.05, 3.63) is 53.6 Å². The molecular weight excluding hydrogens is 484 g/mol. The molecule has 196 valence electrons. The zero-order valence-corrected chi connectivity index (χ0v) is 21.2. The topological polar surface area (TPSA) is 132 Å². The van der Waals surface area contributed by atoms with E-state index >= 15 is 0 Å². The number of ketones is 2. The minimum Gasteiger partial charge on any atom is -0.493 e. The number of carbonyl (C=O) groups excluding carboxylic acids is 5. The molecule has 0 aliphatic heterocycles. The molecule has 0 fully saturated rings. The minimum atomic E-state index is -1.63. The van der Waals surface area contributed by atoms with Gasteiger partial charge in [0.05, 0.1) is 21.3 Å². The quantitative estimate of drug-likeness (QED) is 0.181. The molecule has 0 aliphatic rings. The summed E-state index contributed by atoms with van der Waals surface area (Å²) in [6, 6.07) is 9.39. The molecule has 0 bridgehead atoms. The Bertz CT molecular complexity index is 1210. The molecule has 37 heavy (non-hydrogen) atoms. The van der Waals surface area contributed by atoms with Crippen LogP contribution in [0.4, 0.5) is 0 Å². The number of rotatable bonds is 12. The summed E-state index contributed by atoms with van der Waals surface area (Å²) in [6.45, 7) is 2.52. The van der Waals surface area contributed by atoms with E-state index in [0.29, 0.717) is 16.9 Å². The Morgan fingerprint density at radius 2 is 1.35 bits per heavy atom. The maximum Gasteiger partial charge on any atom is 0.324 e. The van der Waals surface area contributed by atoms with Crippen LogP contribution in [-0.2, 0) is 35.1 Å². The van der Waals surface area contributed by atoms with Gasteiger partial charge in [0, 0.05) is 20.3 Å². The van der Waals surface area contributed by atoms with Crippen LogP contribution in [0, 0.1) is 5.92 Å². The molecule has 2 aromatic carbocycles. The molecule has 2 rings (SSSR count). The van der Waals surface area contributed by atoms with Gasteiger partial charge in [0.1, 0.15) is 0 Å². The highest BCUT2D eigenvalue weighted by Crippen LogP contribution is 2.30. The smallest absolute Gasteiger partial charge is 0.324 e. The molecule has 0 heterocycles. The molecule has 10 heteroatoms. The van der Waals surface area contributed by atoms with E-state index in [1.807, 2.05) is 0 Å². The average molecular weight is 513 g/mol. The lowest BCUT2D eigenvalue weighted by Gasteiger charge is -2.12. The molecule has 10 nitrogen and oxygen atoms in total. The van der Waals surface area contributed by atoms with Gasteiger partial charge < -0.3 is 23.7 Å². The lowest BCUT2D eigenvalue weighted by atomic mass is 9.93. The SMILES string of the molecule is COC(=O)C(C(=O)/C=C/c1ccc(OC(C)=O)c(OC)c1)C(=O)CCc1ccc(OC(C)=O)c(OC)c1. The minimum absolute atomic E-state index is 0.125. The largest absolute Gasteiger partial charge is 0.493 e. The summed E-state index contributed by atoms with van der Waals surface area (Å²) in [5.41, 5.74) is 1.19. The van der Waals surface area contributed by atoms with Gasteiger partial charge in [-0.2, -0.15) is 0 Å². The fourth-order valence-corrected chi connectivity index (χ4v) is 3.34. The maximum atomic E-state index is 12.9. The van der Waals surface area contributed by atoms with Crippen LogP contribution >= 0.6 is 0 Å². The highest BCUT2D eigenvalue weighted by molar-refractivity contribution is 6.21. The number of ether oxygens (including phenoxy) is 5. The molecule has 0 saturated carbocycles. The Hall–Kier alpha value is -4.47. The van der Waals surface area contributed by atoms with Crippen LogP contribution in [0.15, 0.2) is 42.5 Å². The molecule has 0 aliphatic carbocycles. The first-order valence-electron chi connectivity index (χ1n) is 11.1. The zero-order valence-electron chi connectivity index (χ0n) is 21.2. The van der Waals surface area contributed by atoms with E-state index in [9.17, 15) is 24.0 Å². The lowest BCUT2D eigenvalue weighted by Crippen LogP contribution is -2.32. The number of methoxy groups -OCH3 is 3. The van der Waals surface area contributed by atoms with Gasteiger partial charge in [-0.25, -0.2) is 0 Å². The molecule has 0 amide bonds. The number of esters is 3. The molecule has 0 saturated heterocycles. The van der Waals surface area contributed by atoms with Crippen LogP contribution in [0.2, 0.25) is 0 Å². The molecule has 1 atom stereocenters. The summed E-state index contributed by atoms with van der Waals surface area (Å²) < 4.78 is 25.2. The number of allylic oxidation sites excluding steroid dienone is 1. The second kappa shape index (κ2) is 13.6. The first-order valence-corrected chi connectivity index (χ1v) is 11.1. The number of carbonyl (C=O) groups is 5. The fraction of sp³-hybridized carbons (Fsp3) is 0.296. The van der Waals surface area contributed by atoms with Crippen LogP contribution in [0.3, 0.4) is 0 Å². The number of benzene rings is 2. The fourth-order valence-electron chi connectivity index (χ4n) is 3.34. The van der Waals surface area contributed by atoms with E-state index in [-0.39, 0.29) is 30.1 Å². The zero-order chi connectivity index (χ0) is 27.5. The van der Waals surface area contributed by atoms with E-state index in [1.54, 1.807) is 18.2 Å². The first-order chi connectivity index (χ1) is 17.6. The van der Waals surface area contributed by atoms with Gasteiger partial charge in [-0.15, -0.1) is 0 Å². The Balaban J connectivity index is 2.16. The van der Waals surface area contributed by atoms with Crippen LogP contribution in [0.5, 0.6) is 23.0 Å². The van der Waals surface area contributed by atoms with E-state index in [0.717, 1.165) is 13.2 Å². The molecule has 0 N–H and O–H groups in total. The highest BCUT2D eigenvalue weighted by atomic mass is 16.6. The average Bonchev–Trinajstić information content (AvgIpc) is 2.86. The number of aryl methyl sites for hydroxylation is 1. The predicted octanol–water partition coefficient (Wildman–Crippen LogP) is 3.13. The third-order valence-corrected chi connectivity index (χ3v) is 5.07. The molecule has 0 radical (unpaired) electrons. The second-order valence-corrected chi connectivity index (χ2v) is 7.74. The van der Waals surface area contributed by atoms with Crippen molar-refractivity contribution in [3.63, 3.8) is 0 Å². The van der Waals surface area contributed by atoms with Crippen molar-refractivity contribution >= 4 is 35.6 Å². The van der Waals surface area contributed by atoms with Crippen molar-refractivity contribution in [1.29, 1.82) is 0 Å². The summed E-state index contributed by atoms with van der Waals surface area (Å²) in [5.74, 6) is -3.98. The van der Waals surface area contributed by atoms with Gasteiger partial charge in [0.2, 0.25) is 0 Å². The molecule has 0 aromatic heterocycles. The van der Waals surface area contributed by atoms with E-state index in [1.165, 1.54) is 52.3 Å². The lowest BCUT2D eigenvalue weighted by molar-refractivity contribution is -0.152. The van der Waals surface area contributed by atoms with Gasteiger partial charge in [-0.05, 0) is 47.9 Å².